The fraction of sp³-hybridized carbons (Fsp3) is 0.438. The Hall–Kier alpha value is -1.81. The van der Waals surface area contributed by atoms with Crippen LogP contribution in [0.2, 0.25) is 0 Å². The number of fused-ring (bicyclic) bond motifs is 1. The van der Waals surface area contributed by atoms with Crippen LogP contribution in [0.1, 0.15) is 33.4 Å². The summed E-state index contributed by atoms with van der Waals surface area (Å²) < 4.78 is 7.49. The standard InChI is InChI=1S/C16H22N2O2/c1-5-14(20-6-2)15-12-9-7-8-10-13(12)18(17-15)11-16(3,4)19/h5,7-10,19H,6,11H2,1-4H3/b14-5-. The van der Waals surface area contributed by atoms with Gasteiger partial charge >= 0.3 is 0 Å². The third kappa shape index (κ3) is 3.02. The van der Waals surface area contributed by atoms with Gasteiger partial charge in [0.1, 0.15) is 11.5 Å². The van der Waals surface area contributed by atoms with Crippen LogP contribution in [0, 0.1) is 0 Å². The summed E-state index contributed by atoms with van der Waals surface area (Å²) in [7, 11) is 0. The molecule has 0 saturated heterocycles. The van der Waals surface area contributed by atoms with Crippen molar-refractivity contribution in [3.8, 4) is 0 Å². The number of aliphatic hydroxyl groups is 1. The molecule has 0 radical (unpaired) electrons. The van der Waals surface area contributed by atoms with Gasteiger partial charge in [-0.2, -0.15) is 5.10 Å². The van der Waals surface area contributed by atoms with Crippen molar-refractivity contribution in [2.45, 2.75) is 39.8 Å². The van der Waals surface area contributed by atoms with Crippen LogP contribution in [0.25, 0.3) is 16.7 Å². The fourth-order valence-corrected chi connectivity index (χ4v) is 2.24. The van der Waals surface area contributed by atoms with Gasteiger partial charge in [-0.25, -0.2) is 0 Å². The SMILES string of the molecule is C/C=C(\OCC)c1nn(CC(C)(C)O)c2ccccc12. The summed E-state index contributed by atoms with van der Waals surface area (Å²) in [6, 6.07) is 8.00. The predicted molar refractivity (Wildman–Crippen MR) is 81.3 cm³/mol. The molecule has 0 fully saturated rings. The molecule has 2 aromatic rings. The Balaban J connectivity index is 2.56. The minimum absolute atomic E-state index is 0.441. The summed E-state index contributed by atoms with van der Waals surface area (Å²) >= 11 is 0. The van der Waals surface area contributed by atoms with Crippen LogP contribution in [0.15, 0.2) is 30.3 Å². The molecule has 0 amide bonds. The number of nitrogens with zero attached hydrogens (tertiary/aromatic N) is 2. The first kappa shape index (κ1) is 14.6. The predicted octanol–water partition coefficient (Wildman–Crippen LogP) is 3.20. The van der Waals surface area contributed by atoms with Crippen molar-refractivity contribution in [1.29, 1.82) is 0 Å². The summed E-state index contributed by atoms with van der Waals surface area (Å²) in [4.78, 5) is 0. The normalized spacial score (nSPS) is 12.9. The van der Waals surface area contributed by atoms with E-state index in [0.29, 0.717) is 13.2 Å². The lowest BCUT2D eigenvalue weighted by molar-refractivity contribution is 0.0590. The summed E-state index contributed by atoms with van der Waals surface area (Å²) in [5, 5.41) is 15.7. The summed E-state index contributed by atoms with van der Waals surface area (Å²) in [6.07, 6.45) is 1.92. The van der Waals surface area contributed by atoms with Gasteiger partial charge in [0.05, 0.1) is 24.3 Å². The van der Waals surface area contributed by atoms with Crippen molar-refractivity contribution in [3.63, 3.8) is 0 Å². The third-order valence-electron chi connectivity index (χ3n) is 2.99. The molecule has 4 nitrogen and oxygen atoms in total. The second-order valence-corrected chi connectivity index (χ2v) is 5.42. The highest BCUT2D eigenvalue weighted by Crippen LogP contribution is 2.26. The number of rotatable bonds is 5. The zero-order valence-corrected chi connectivity index (χ0v) is 12.6. The molecule has 20 heavy (non-hydrogen) atoms. The van der Waals surface area contributed by atoms with E-state index in [1.165, 1.54) is 0 Å². The Labute approximate surface area is 119 Å². The molecule has 0 aliphatic rings. The van der Waals surface area contributed by atoms with E-state index in [1.807, 2.05) is 48.9 Å². The molecule has 2 rings (SSSR count). The average Bonchev–Trinajstić information content (AvgIpc) is 2.73. The van der Waals surface area contributed by atoms with Gasteiger partial charge in [0, 0.05) is 5.39 Å². The molecule has 1 N–H and O–H groups in total. The molecule has 4 heteroatoms. The van der Waals surface area contributed by atoms with Crippen molar-refractivity contribution in [2.24, 2.45) is 0 Å². The van der Waals surface area contributed by atoms with Gasteiger partial charge in [0.15, 0.2) is 0 Å². The van der Waals surface area contributed by atoms with Gasteiger partial charge in [-0.1, -0.05) is 18.2 Å². The van der Waals surface area contributed by atoms with E-state index in [0.717, 1.165) is 22.4 Å². The second-order valence-electron chi connectivity index (χ2n) is 5.42. The molecule has 0 spiro atoms. The Kier molecular flexibility index (Phi) is 4.14. The molecule has 1 heterocycles. The van der Waals surface area contributed by atoms with Crippen molar-refractivity contribution < 1.29 is 9.84 Å². The number of hydrogen-bond donors (Lipinski definition) is 1. The van der Waals surface area contributed by atoms with E-state index < -0.39 is 5.60 Å². The smallest absolute Gasteiger partial charge is 0.143 e. The van der Waals surface area contributed by atoms with E-state index in [1.54, 1.807) is 13.8 Å². The van der Waals surface area contributed by atoms with Gasteiger partial charge in [0.25, 0.3) is 0 Å². The molecule has 0 atom stereocenters. The Morgan fingerprint density at radius 1 is 1.40 bits per heavy atom. The zero-order chi connectivity index (χ0) is 14.8. The first-order valence-electron chi connectivity index (χ1n) is 6.93. The van der Waals surface area contributed by atoms with Crippen LogP contribution in [-0.2, 0) is 11.3 Å². The molecule has 0 aliphatic carbocycles. The molecular weight excluding hydrogens is 252 g/mol. The van der Waals surface area contributed by atoms with Gasteiger partial charge < -0.3 is 9.84 Å². The van der Waals surface area contributed by atoms with E-state index in [4.69, 9.17) is 4.74 Å². The van der Waals surface area contributed by atoms with Gasteiger partial charge in [-0.05, 0) is 39.8 Å². The van der Waals surface area contributed by atoms with Crippen molar-refractivity contribution >= 4 is 16.7 Å². The van der Waals surface area contributed by atoms with Crippen LogP contribution in [0.4, 0.5) is 0 Å². The molecule has 0 saturated carbocycles. The van der Waals surface area contributed by atoms with Crippen molar-refractivity contribution in [1.82, 2.24) is 9.78 Å². The quantitative estimate of drug-likeness (QED) is 0.852. The number of hydrogen-bond acceptors (Lipinski definition) is 3. The van der Waals surface area contributed by atoms with E-state index >= 15 is 0 Å². The van der Waals surface area contributed by atoms with E-state index in [9.17, 15) is 5.11 Å². The monoisotopic (exact) mass is 274 g/mol. The highest BCUT2D eigenvalue weighted by Gasteiger charge is 2.19. The molecule has 108 valence electrons. The summed E-state index contributed by atoms with van der Waals surface area (Å²) in [5.41, 5.74) is 1.02. The van der Waals surface area contributed by atoms with Crippen LogP contribution in [0.5, 0.6) is 0 Å². The molecule has 0 unspecified atom stereocenters. The maximum absolute atomic E-state index is 10.0. The summed E-state index contributed by atoms with van der Waals surface area (Å²) in [5.74, 6) is 0.776. The number of allylic oxidation sites excluding steroid dienone is 1. The average molecular weight is 274 g/mol. The van der Waals surface area contributed by atoms with E-state index in [-0.39, 0.29) is 0 Å². The first-order chi connectivity index (χ1) is 9.46. The maximum Gasteiger partial charge on any atom is 0.143 e. The number of benzene rings is 1. The van der Waals surface area contributed by atoms with Crippen molar-refractivity contribution in [3.05, 3.63) is 36.0 Å². The van der Waals surface area contributed by atoms with Gasteiger partial charge in [-0.15, -0.1) is 0 Å². The highest BCUT2D eigenvalue weighted by molar-refractivity contribution is 5.89. The fourth-order valence-electron chi connectivity index (χ4n) is 2.24. The largest absolute Gasteiger partial charge is 0.492 e. The summed E-state index contributed by atoms with van der Waals surface area (Å²) in [6.45, 7) is 8.50. The lowest BCUT2D eigenvalue weighted by atomic mass is 10.1. The molecule has 1 aromatic carbocycles. The number of ether oxygens (including phenoxy) is 1. The molecule has 0 bridgehead atoms. The lowest BCUT2D eigenvalue weighted by Crippen LogP contribution is -2.26. The molecule has 1 aromatic heterocycles. The van der Waals surface area contributed by atoms with E-state index in [2.05, 4.69) is 5.10 Å². The minimum Gasteiger partial charge on any atom is -0.492 e. The number of aromatic nitrogens is 2. The maximum atomic E-state index is 10.0. The number of para-hydroxylation sites is 1. The first-order valence-corrected chi connectivity index (χ1v) is 6.93. The Bertz CT molecular complexity index is 621. The van der Waals surface area contributed by atoms with Crippen molar-refractivity contribution in [2.75, 3.05) is 6.61 Å². The molecular formula is C16H22N2O2. The third-order valence-corrected chi connectivity index (χ3v) is 2.99. The topological polar surface area (TPSA) is 47.3 Å². The second kappa shape index (κ2) is 5.67. The lowest BCUT2D eigenvalue weighted by Gasteiger charge is -2.17. The highest BCUT2D eigenvalue weighted by atomic mass is 16.5. The van der Waals surface area contributed by atoms with Crippen LogP contribution >= 0.6 is 0 Å². The van der Waals surface area contributed by atoms with Crippen LogP contribution in [-0.4, -0.2) is 27.1 Å². The van der Waals surface area contributed by atoms with Crippen LogP contribution < -0.4 is 0 Å². The Morgan fingerprint density at radius 3 is 2.70 bits per heavy atom. The van der Waals surface area contributed by atoms with Gasteiger partial charge in [0.2, 0.25) is 0 Å². The molecule has 0 aliphatic heterocycles. The zero-order valence-electron chi connectivity index (χ0n) is 12.6. The van der Waals surface area contributed by atoms with Crippen LogP contribution in [0.3, 0.4) is 0 Å². The minimum atomic E-state index is -0.812. The Morgan fingerprint density at radius 2 is 2.10 bits per heavy atom. The van der Waals surface area contributed by atoms with Gasteiger partial charge in [-0.3, -0.25) is 4.68 Å².